The molecule has 15 heteroatoms. The molecule has 0 radical (unpaired) electrons. The van der Waals surface area contributed by atoms with E-state index in [1.807, 2.05) is 0 Å². The third-order valence-corrected chi connectivity index (χ3v) is 6.40. The van der Waals surface area contributed by atoms with Crippen molar-refractivity contribution >= 4 is 34.4 Å². The highest BCUT2D eigenvalue weighted by Gasteiger charge is 2.29. The molecule has 5 rings (SSSR count). The zero-order valence-electron chi connectivity index (χ0n) is 22.8. The third kappa shape index (κ3) is 6.19. The molecule has 4 heterocycles. The molecule has 0 atom stereocenters. The minimum absolute atomic E-state index is 0.0695. The number of aliphatic hydroxyl groups is 1. The van der Waals surface area contributed by atoms with Crippen LogP contribution in [-0.4, -0.2) is 84.0 Å². The number of hydrogen-bond donors (Lipinski definition) is 2. The number of carbonyl (C=O) groups excluding carboxylic acids is 1. The van der Waals surface area contributed by atoms with Crippen molar-refractivity contribution in [1.29, 1.82) is 0 Å². The van der Waals surface area contributed by atoms with Gasteiger partial charge in [-0.05, 0) is 20.8 Å². The summed E-state index contributed by atoms with van der Waals surface area (Å²) in [5.41, 5.74) is -0.408. The predicted octanol–water partition coefficient (Wildman–Crippen LogP) is 3.28. The van der Waals surface area contributed by atoms with Gasteiger partial charge in [0.2, 0.25) is 5.95 Å². The molecule has 41 heavy (non-hydrogen) atoms. The molecule has 1 aliphatic heterocycles. The van der Waals surface area contributed by atoms with E-state index in [4.69, 9.17) is 9.84 Å². The molecule has 4 aromatic rings. The summed E-state index contributed by atoms with van der Waals surface area (Å²) in [6, 6.07) is 0.833. The summed E-state index contributed by atoms with van der Waals surface area (Å²) in [4.78, 5) is 24.1. The largest absolute Gasteiger partial charge is 0.444 e. The van der Waals surface area contributed by atoms with Gasteiger partial charge in [0.15, 0.2) is 23.1 Å². The van der Waals surface area contributed by atoms with E-state index in [2.05, 4.69) is 25.5 Å². The van der Waals surface area contributed by atoms with Crippen LogP contribution in [0.25, 0.3) is 11.0 Å². The minimum atomic E-state index is -1.31. The predicted molar refractivity (Wildman–Crippen MR) is 143 cm³/mol. The van der Waals surface area contributed by atoms with Gasteiger partial charge in [-0.3, -0.25) is 4.68 Å². The lowest BCUT2D eigenvalue weighted by atomic mass is 10.1. The van der Waals surface area contributed by atoms with Crippen molar-refractivity contribution in [2.45, 2.75) is 39.5 Å². The average Bonchev–Trinajstić information content (AvgIpc) is 3.54. The number of halogens is 3. The first-order valence-electron chi connectivity index (χ1n) is 13.0. The quantitative estimate of drug-likeness (QED) is 0.320. The fourth-order valence-electron chi connectivity index (χ4n) is 4.44. The van der Waals surface area contributed by atoms with Gasteiger partial charge in [-0.1, -0.05) is 0 Å². The number of nitrogens with zero attached hydrogens (tertiary/aromatic N) is 8. The lowest BCUT2D eigenvalue weighted by Gasteiger charge is -2.37. The first kappa shape index (κ1) is 28.1. The van der Waals surface area contributed by atoms with Crippen molar-refractivity contribution in [2.24, 2.45) is 0 Å². The highest BCUT2D eigenvalue weighted by atomic mass is 19.2. The van der Waals surface area contributed by atoms with Gasteiger partial charge in [-0.15, -0.1) is 0 Å². The summed E-state index contributed by atoms with van der Waals surface area (Å²) in [5.74, 6) is -3.24. The number of aromatic nitrogens is 6. The van der Waals surface area contributed by atoms with E-state index in [1.165, 1.54) is 32.9 Å². The van der Waals surface area contributed by atoms with Crippen molar-refractivity contribution in [3.05, 3.63) is 53.9 Å². The van der Waals surface area contributed by atoms with Crippen LogP contribution in [0, 0.1) is 17.5 Å². The summed E-state index contributed by atoms with van der Waals surface area (Å²) >= 11 is 0. The Morgan fingerprint density at radius 1 is 1.07 bits per heavy atom. The van der Waals surface area contributed by atoms with Crippen LogP contribution in [0.15, 0.2) is 30.9 Å². The molecule has 0 aliphatic carbocycles. The highest BCUT2D eigenvalue weighted by Crippen LogP contribution is 2.29. The van der Waals surface area contributed by atoms with E-state index in [9.17, 15) is 13.6 Å². The van der Waals surface area contributed by atoms with Crippen molar-refractivity contribution in [3.63, 3.8) is 0 Å². The maximum Gasteiger partial charge on any atom is 0.410 e. The Morgan fingerprint density at radius 3 is 2.54 bits per heavy atom. The maximum atomic E-state index is 15.7. The molecule has 1 saturated heterocycles. The van der Waals surface area contributed by atoms with Crippen molar-refractivity contribution in [3.8, 4) is 0 Å². The number of benzene rings is 1. The zero-order chi connectivity index (χ0) is 29.3. The van der Waals surface area contributed by atoms with E-state index in [0.29, 0.717) is 17.6 Å². The van der Waals surface area contributed by atoms with E-state index in [-0.39, 0.29) is 50.1 Å². The third-order valence-electron chi connectivity index (χ3n) is 6.40. The molecule has 1 amide bonds. The summed E-state index contributed by atoms with van der Waals surface area (Å²) in [7, 11) is 0. The highest BCUT2D eigenvalue weighted by molar-refractivity contribution is 5.75. The van der Waals surface area contributed by atoms with Crippen LogP contribution in [0.2, 0.25) is 0 Å². The monoisotopic (exact) mass is 573 g/mol. The number of piperazine rings is 1. The normalized spacial score (nSPS) is 14.1. The molecule has 0 bridgehead atoms. The molecular weight excluding hydrogens is 543 g/mol. The van der Waals surface area contributed by atoms with Crippen LogP contribution < -0.4 is 10.2 Å². The van der Waals surface area contributed by atoms with Crippen LogP contribution in [0.1, 0.15) is 26.3 Å². The smallest absolute Gasteiger partial charge is 0.410 e. The first-order chi connectivity index (χ1) is 19.5. The fourth-order valence-corrected chi connectivity index (χ4v) is 4.44. The van der Waals surface area contributed by atoms with Gasteiger partial charge in [-0.2, -0.15) is 15.2 Å². The van der Waals surface area contributed by atoms with Crippen LogP contribution >= 0.6 is 0 Å². The Balaban J connectivity index is 1.36. The Labute approximate surface area is 233 Å². The molecule has 3 aromatic heterocycles. The number of carbonyl (C=O) groups is 1. The Bertz CT molecular complexity index is 1560. The molecule has 1 aromatic carbocycles. The van der Waals surface area contributed by atoms with Crippen LogP contribution in [-0.2, 0) is 17.8 Å². The summed E-state index contributed by atoms with van der Waals surface area (Å²) in [6.07, 6.45) is 5.66. The van der Waals surface area contributed by atoms with Crippen molar-refractivity contribution in [1.82, 2.24) is 34.4 Å². The second-order valence-corrected chi connectivity index (χ2v) is 10.6. The van der Waals surface area contributed by atoms with Gasteiger partial charge in [0.1, 0.15) is 5.60 Å². The van der Waals surface area contributed by atoms with Gasteiger partial charge in [0.25, 0.3) is 0 Å². The number of hydrogen-bond acceptors (Lipinski definition) is 9. The minimum Gasteiger partial charge on any atom is -0.444 e. The SMILES string of the molecule is CC(C)(C)OC(=O)N1CCN(c2cc(F)c(F)c(Cn3ncc4cnc(Nc5cnn(CCO)c5)nc43)c2F)CC1. The summed E-state index contributed by atoms with van der Waals surface area (Å²) < 4.78 is 53.6. The Hall–Kier alpha value is -4.40. The van der Waals surface area contributed by atoms with Gasteiger partial charge < -0.3 is 25.0 Å². The molecule has 0 saturated carbocycles. The van der Waals surface area contributed by atoms with Gasteiger partial charge in [0.05, 0.1) is 54.4 Å². The molecular formula is C26H30F3N9O3. The molecule has 218 valence electrons. The van der Waals surface area contributed by atoms with Crippen molar-refractivity contribution < 1.29 is 27.8 Å². The molecule has 1 fully saturated rings. The second-order valence-electron chi connectivity index (χ2n) is 10.6. The first-order valence-corrected chi connectivity index (χ1v) is 13.0. The van der Waals surface area contributed by atoms with E-state index in [1.54, 1.807) is 31.9 Å². The number of aliphatic hydroxyl groups excluding tert-OH is 1. The van der Waals surface area contributed by atoms with Crippen LogP contribution in [0.5, 0.6) is 0 Å². The molecule has 2 N–H and O–H groups in total. The van der Waals surface area contributed by atoms with Gasteiger partial charge in [0, 0.05) is 44.6 Å². The maximum absolute atomic E-state index is 15.7. The standard InChI is InChI=1S/C26H30F3N9O3/c1-26(2,3)41-25(40)36-6-4-35(5-7-36)20-10-19(27)21(28)18(22(20)29)15-38-23-16(12-32-38)11-30-24(34-23)33-17-13-31-37(14-17)8-9-39/h10-14,39H,4-9,15H2,1-3H3,(H,30,33,34). The summed E-state index contributed by atoms with van der Waals surface area (Å²) in [5, 5.41) is 20.9. The van der Waals surface area contributed by atoms with E-state index in [0.717, 1.165) is 6.07 Å². The number of amides is 1. The number of fused-ring (bicyclic) bond motifs is 1. The number of rotatable bonds is 7. The lowest BCUT2D eigenvalue weighted by Crippen LogP contribution is -2.50. The molecule has 0 spiro atoms. The topological polar surface area (TPSA) is 126 Å². The van der Waals surface area contributed by atoms with Gasteiger partial charge in [-0.25, -0.2) is 27.6 Å². The van der Waals surface area contributed by atoms with Crippen LogP contribution in [0.4, 0.5) is 35.3 Å². The van der Waals surface area contributed by atoms with Gasteiger partial charge >= 0.3 is 6.09 Å². The number of nitrogens with one attached hydrogen (secondary N) is 1. The van der Waals surface area contributed by atoms with E-state index >= 15 is 4.39 Å². The fraction of sp³-hybridized carbons (Fsp3) is 0.423. The molecule has 1 aliphatic rings. The second kappa shape index (κ2) is 11.2. The van der Waals surface area contributed by atoms with Crippen molar-refractivity contribution in [2.75, 3.05) is 43.0 Å². The Kier molecular flexibility index (Phi) is 7.71. The van der Waals surface area contributed by atoms with Crippen LogP contribution in [0.3, 0.4) is 0 Å². The average molecular weight is 574 g/mol. The lowest BCUT2D eigenvalue weighted by molar-refractivity contribution is 0.0240. The number of anilines is 3. The molecule has 12 nitrogen and oxygen atoms in total. The number of ether oxygens (including phenoxy) is 1. The van der Waals surface area contributed by atoms with E-state index < -0.39 is 41.3 Å². The molecule has 0 unspecified atom stereocenters. The Morgan fingerprint density at radius 2 is 1.83 bits per heavy atom. The summed E-state index contributed by atoms with van der Waals surface area (Å²) in [6.45, 7) is 6.01. The zero-order valence-corrected chi connectivity index (χ0v) is 22.8.